The van der Waals surface area contributed by atoms with Gasteiger partial charge in [0.2, 0.25) is 0 Å². The molecule has 58 valence electrons. The first-order valence-corrected chi connectivity index (χ1v) is 2.64. The van der Waals surface area contributed by atoms with Crippen molar-refractivity contribution in [3.05, 3.63) is 11.6 Å². The minimum atomic E-state index is -4.20. The van der Waals surface area contributed by atoms with Crippen molar-refractivity contribution in [3.63, 3.8) is 0 Å². The Bertz CT molecular complexity index is 146. The van der Waals surface area contributed by atoms with Crippen molar-refractivity contribution >= 4 is 6.29 Å². The van der Waals surface area contributed by atoms with Crippen molar-refractivity contribution in [2.75, 3.05) is 0 Å². The van der Waals surface area contributed by atoms with Crippen molar-refractivity contribution in [2.45, 2.75) is 19.5 Å². The van der Waals surface area contributed by atoms with E-state index in [0.717, 1.165) is 6.08 Å². The number of carbonyl (C=O) groups is 1. The van der Waals surface area contributed by atoms with Gasteiger partial charge in [-0.25, -0.2) is 0 Å². The normalized spacial score (nSPS) is 13.4. The molecule has 0 spiro atoms. The highest BCUT2D eigenvalue weighted by Crippen LogP contribution is 2.20. The van der Waals surface area contributed by atoms with E-state index in [-0.39, 0.29) is 5.57 Å². The highest BCUT2D eigenvalue weighted by Gasteiger charge is 2.24. The Balaban J connectivity index is 3.84. The van der Waals surface area contributed by atoms with Gasteiger partial charge >= 0.3 is 6.18 Å². The van der Waals surface area contributed by atoms with Gasteiger partial charge in [0.1, 0.15) is 6.29 Å². The number of hydrogen-bond acceptors (Lipinski definition) is 1. The SMILES string of the molecule is CC(C=O)=CCC(F)(F)F. The molecule has 0 aromatic rings. The van der Waals surface area contributed by atoms with E-state index in [2.05, 4.69) is 0 Å². The lowest BCUT2D eigenvalue weighted by molar-refractivity contribution is -0.125. The van der Waals surface area contributed by atoms with Crippen LogP contribution in [0.15, 0.2) is 11.6 Å². The van der Waals surface area contributed by atoms with Crippen LogP contribution in [0.3, 0.4) is 0 Å². The predicted molar refractivity (Wildman–Crippen MR) is 30.5 cm³/mol. The Hall–Kier alpha value is -0.800. The first kappa shape index (κ1) is 9.20. The van der Waals surface area contributed by atoms with E-state index >= 15 is 0 Å². The van der Waals surface area contributed by atoms with Gasteiger partial charge in [-0.2, -0.15) is 13.2 Å². The summed E-state index contributed by atoms with van der Waals surface area (Å²) in [6.07, 6.45) is -3.99. The van der Waals surface area contributed by atoms with Crippen LogP contribution in [0.25, 0.3) is 0 Å². The van der Waals surface area contributed by atoms with Gasteiger partial charge in [-0.05, 0) is 12.5 Å². The Morgan fingerprint density at radius 2 is 2.00 bits per heavy atom. The summed E-state index contributed by atoms with van der Waals surface area (Å²) >= 11 is 0. The van der Waals surface area contributed by atoms with Crippen molar-refractivity contribution in [2.24, 2.45) is 0 Å². The molecule has 0 aromatic heterocycles. The number of hydrogen-bond donors (Lipinski definition) is 0. The molecular formula is C6H7F3O. The molecule has 0 unspecified atom stereocenters. The highest BCUT2D eigenvalue weighted by molar-refractivity contribution is 5.71. The first-order chi connectivity index (χ1) is 4.45. The number of allylic oxidation sites excluding steroid dienone is 2. The number of rotatable bonds is 2. The second-order valence-corrected chi connectivity index (χ2v) is 1.89. The second-order valence-electron chi connectivity index (χ2n) is 1.89. The molecule has 0 aliphatic rings. The van der Waals surface area contributed by atoms with Gasteiger partial charge in [-0.1, -0.05) is 6.08 Å². The van der Waals surface area contributed by atoms with E-state index in [1.807, 2.05) is 0 Å². The maximum absolute atomic E-state index is 11.4. The molecule has 0 aromatic carbocycles. The standard InChI is InChI=1S/C6H7F3O/c1-5(4-10)2-3-6(7,8)9/h2,4H,3H2,1H3. The van der Waals surface area contributed by atoms with Crippen LogP contribution < -0.4 is 0 Å². The van der Waals surface area contributed by atoms with Crippen molar-refractivity contribution in [1.82, 2.24) is 0 Å². The summed E-state index contributed by atoms with van der Waals surface area (Å²) < 4.78 is 34.2. The molecule has 0 heterocycles. The van der Waals surface area contributed by atoms with Crippen LogP contribution in [0.2, 0.25) is 0 Å². The van der Waals surface area contributed by atoms with Crippen LogP contribution in [-0.4, -0.2) is 12.5 Å². The van der Waals surface area contributed by atoms with Gasteiger partial charge in [0.15, 0.2) is 0 Å². The fourth-order valence-electron chi connectivity index (χ4n) is 0.325. The monoisotopic (exact) mass is 152 g/mol. The quantitative estimate of drug-likeness (QED) is 0.437. The summed E-state index contributed by atoms with van der Waals surface area (Å²) in [5.41, 5.74) is 0.109. The third-order valence-corrected chi connectivity index (χ3v) is 0.841. The molecule has 0 bridgehead atoms. The summed E-state index contributed by atoms with van der Waals surface area (Å²) in [5, 5.41) is 0. The molecule has 0 radical (unpaired) electrons. The topological polar surface area (TPSA) is 17.1 Å². The summed E-state index contributed by atoms with van der Waals surface area (Å²) in [6, 6.07) is 0. The lowest BCUT2D eigenvalue weighted by Gasteiger charge is -2.00. The maximum atomic E-state index is 11.4. The van der Waals surface area contributed by atoms with Gasteiger partial charge in [0.25, 0.3) is 0 Å². The molecule has 10 heavy (non-hydrogen) atoms. The lowest BCUT2D eigenvalue weighted by Crippen LogP contribution is -2.04. The van der Waals surface area contributed by atoms with Gasteiger partial charge in [-0.15, -0.1) is 0 Å². The smallest absolute Gasteiger partial charge is 0.298 e. The van der Waals surface area contributed by atoms with Crippen LogP contribution in [0.1, 0.15) is 13.3 Å². The molecular weight excluding hydrogens is 145 g/mol. The molecule has 0 aliphatic carbocycles. The van der Waals surface area contributed by atoms with Gasteiger partial charge in [0, 0.05) is 0 Å². The summed E-state index contributed by atoms with van der Waals surface area (Å²) in [5.74, 6) is 0. The van der Waals surface area contributed by atoms with Crippen molar-refractivity contribution in [1.29, 1.82) is 0 Å². The van der Waals surface area contributed by atoms with Crippen LogP contribution in [0.5, 0.6) is 0 Å². The zero-order chi connectivity index (χ0) is 8.20. The molecule has 0 amide bonds. The summed E-state index contributed by atoms with van der Waals surface area (Å²) in [4.78, 5) is 9.79. The molecule has 0 aliphatic heterocycles. The van der Waals surface area contributed by atoms with Crippen molar-refractivity contribution in [3.8, 4) is 0 Å². The number of alkyl halides is 3. The molecule has 0 atom stereocenters. The van der Waals surface area contributed by atoms with Crippen LogP contribution in [0, 0.1) is 0 Å². The van der Waals surface area contributed by atoms with E-state index in [9.17, 15) is 18.0 Å². The third-order valence-electron chi connectivity index (χ3n) is 0.841. The van der Waals surface area contributed by atoms with E-state index < -0.39 is 12.6 Å². The highest BCUT2D eigenvalue weighted by atomic mass is 19.4. The van der Waals surface area contributed by atoms with Gasteiger partial charge in [-0.3, -0.25) is 4.79 Å². The minimum Gasteiger partial charge on any atom is -0.298 e. The average molecular weight is 152 g/mol. The molecule has 0 fully saturated rings. The molecule has 0 saturated heterocycles. The Morgan fingerprint density at radius 3 is 2.30 bits per heavy atom. The van der Waals surface area contributed by atoms with Crippen LogP contribution >= 0.6 is 0 Å². The second kappa shape index (κ2) is 3.39. The third kappa shape index (κ3) is 5.34. The van der Waals surface area contributed by atoms with E-state index in [1.54, 1.807) is 0 Å². The molecule has 1 nitrogen and oxygen atoms in total. The molecule has 4 heteroatoms. The largest absolute Gasteiger partial charge is 0.392 e. The Morgan fingerprint density at radius 1 is 1.50 bits per heavy atom. The molecule has 0 saturated carbocycles. The number of halogens is 3. The number of aldehydes is 1. The van der Waals surface area contributed by atoms with Crippen LogP contribution in [-0.2, 0) is 4.79 Å². The summed E-state index contributed by atoms with van der Waals surface area (Å²) in [6.45, 7) is 1.33. The summed E-state index contributed by atoms with van der Waals surface area (Å²) in [7, 11) is 0. The molecule has 0 N–H and O–H groups in total. The maximum Gasteiger partial charge on any atom is 0.392 e. The van der Waals surface area contributed by atoms with Gasteiger partial charge < -0.3 is 0 Å². The fraction of sp³-hybridized carbons (Fsp3) is 0.500. The van der Waals surface area contributed by atoms with Gasteiger partial charge in [0.05, 0.1) is 6.42 Å². The Kier molecular flexibility index (Phi) is 3.12. The average Bonchev–Trinajstić information content (AvgIpc) is 1.81. The first-order valence-electron chi connectivity index (χ1n) is 2.64. The minimum absolute atomic E-state index is 0.109. The zero-order valence-corrected chi connectivity index (χ0v) is 5.40. The predicted octanol–water partition coefficient (Wildman–Crippen LogP) is 2.08. The van der Waals surface area contributed by atoms with E-state index in [1.165, 1.54) is 6.92 Å². The fourth-order valence-corrected chi connectivity index (χ4v) is 0.325. The lowest BCUT2D eigenvalue weighted by atomic mass is 10.2. The van der Waals surface area contributed by atoms with Crippen LogP contribution in [0.4, 0.5) is 13.2 Å². The van der Waals surface area contributed by atoms with Crippen molar-refractivity contribution < 1.29 is 18.0 Å². The van der Waals surface area contributed by atoms with E-state index in [4.69, 9.17) is 0 Å². The number of carbonyl (C=O) groups excluding carboxylic acids is 1. The van der Waals surface area contributed by atoms with E-state index in [0.29, 0.717) is 6.29 Å². The zero-order valence-electron chi connectivity index (χ0n) is 5.40. The Labute approximate surface area is 56.5 Å². The molecule has 0 rings (SSSR count).